The van der Waals surface area contributed by atoms with Crippen LogP contribution in [0, 0.1) is 23.5 Å². The van der Waals surface area contributed by atoms with Gasteiger partial charge in [-0.15, -0.1) is 0 Å². The van der Waals surface area contributed by atoms with E-state index in [9.17, 15) is 13.9 Å². The molecule has 190 valence electrons. The SMILES string of the molecule is CC1CC(C)CC(Nc2ccc3c(cnn3[C@H](C)[C@](O)(Cn3cncn3)c3ccc(F)cc3F)c2)C1. The summed E-state index contributed by atoms with van der Waals surface area (Å²) in [4.78, 5) is 3.93. The van der Waals surface area contributed by atoms with Gasteiger partial charge in [0.05, 0.1) is 24.3 Å². The minimum atomic E-state index is -1.78. The number of nitrogens with zero attached hydrogens (tertiary/aromatic N) is 5. The summed E-state index contributed by atoms with van der Waals surface area (Å²) in [6.07, 6.45) is 8.12. The largest absolute Gasteiger partial charge is 0.382 e. The molecule has 7 nitrogen and oxygen atoms in total. The molecule has 2 aromatic carbocycles. The van der Waals surface area contributed by atoms with E-state index in [1.165, 1.54) is 29.8 Å². The Morgan fingerprint density at radius 2 is 1.86 bits per heavy atom. The van der Waals surface area contributed by atoms with Gasteiger partial charge in [0.15, 0.2) is 0 Å². The molecular weight excluding hydrogens is 462 g/mol. The average molecular weight is 495 g/mol. The van der Waals surface area contributed by atoms with Crippen LogP contribution in [0.1, 0.15) is 51.6 Å². The van der Waals surface area contributed by atoms with E-state index in [4.69, 9.17) is 0 Å². The third-order valence-corrected chi connectivity index (χ3v) is 7.47. The summed E-state index contributed by atoms with van der Waals surface area (Å²) in [5.41, 5.74) is 0.0197. The molecular formula is C27H32F2N6O. The minimum absolute atomic E-state index is 0.0330. The van der Waals surface area contributed by atoms with Crippen molar-refractivity contribution in [1.29, 1.82) is 0 Å². The molecule has 2 N–H and O–H groups in total. The number of aromatic nitrogens is 5. The zero-order valence-electron chi connectivity index (χ0n) is 20.8. The molecule has 1 aliphatic carbocycles. The Balaban J connectivity index is 1.47. The van der Waals surface area contributed by atoms with Gasteiger partial charge in [-0.3, -0.25) is 4.68 Å². The van der Waals surface area contributed by atoms with E-state index in [-0.39, 0.29) is 12.1 Å². The fraction of sp³-hybridized carbons (Fsp3) is 0.444. The predicted octanol–water partition coefficient (Wildman–Crippen LogP) is 5.29. The number of halogens is 2. The van der Waals surface area contributed by atoms with Gasteiger partial charge in [0.1, 0.15) is 29.9 Å². The lowest BCUT2D eigenvalue weighted by atomic mass is 9.80. The number of hydrogen-bond acceptors (Lipinski definition) is 5. The molecule has 9 heteroatoms. The topological polar surface area (TPSA) is 80.8 Å². The normalized spacial score (nSPS) is 22.9. The molecule has 2 heterocycles. The van der Waals surface area contributed by atoms with Crippen LogP contribution in [-0.4, -0.2) is 35.7 Å². The first kappa shape index (κ1) is 24.4. The minimum Gasteiger partial charge on any atom is -0.382 e. The highest BCUT2D eigenvalue weighted by Crippen LogP contribution is 2.38. The van der Waals surface area contributed by atoms with Crippen molar-refractivity contribution in [3.63, 3.8) is 0 Å². The zero-order chi connectivity index (χ0) is 25.4. The van der Waals surface area contributed by atoms with E-state index in [2.05, 4.69) is 40.4 Å². The molecule has 0 spiro atoms. The van der Waals surface area contributed by atoms with Crippen molar-refractivity contribution in [2.75, 3.05) is 5.32 Å². The molecule has 0 amide bonds. The number of rotatable bonds is 7. The number of benzene rings is 2. The molecule has 5 rings (SSSR count). The molecule has 4 aromatic rings. The van der Waals surface area contributed by atoms with Crippen LogP contribution in [0.4, 0.5) is 14.5 Å². The summed E-state index contributed by atoms with van der Waals surface area (Å²) in [6.45, 7) is 6.30. The van der Waals surface area contributed by atoms with Gasteiger partial charge in [-0.05, 0) is 62.3 Å². The molecule has 0 aliphatic heterocycles. The molecule has 1 aliphatic rings. The number of anilines is 1. The summed E-state index contributed by atoms with van der Waals surface area (Å²) < 4.78 is 31.7. The second-order valence-electron chi connectivity index (χ2n) is 10.4. The van der Waals surface area contributed by atoms with Crippen LogP contribution in [0.2, 0.25) is 0 Å². The Labute approximate surface area is 209 Å². The van der Waals surface area contributed by atoms with Crippen LogP contribution in [0.25, 0.3) is 10.9 Å². The van der Waals surface area contributed by atoms with Gasteiger partial charge in [0.25, 0.3) is 0 Å². The van der Waals surface area contributed by atoms with Crippen LogP contribution >= 0.6 is 0 Å². The third-order valence-electron chi connectivity index (χ3n) is 7.47. The van der Waals surface area contributed by atoms with Crippen LogP contribution in [0.15, 0.2) is 55.2 Å². The maximum Gasteiger partial charge on any atom is 0.137 e. The van der Waals surface area contributed by atoms with Crippen LogP contribution < -0.4 is 5.32 Å². The summed E-state index contributed by atoms with van der Waals surface area (Å²) in [5, 5.41) is 25.2. The van der Waals surface area contributed by atoms with Crippen molar-refractivity contribution < 1.29 is 13.9 Å². The van der Waals surface area contributed by atoms with Crippen LogP contribution in [0.5, 0.6) is 0 Å². The average Bonchev–Trinajstić information content (AvgIpc) is 3.47. The summed E-state index contributed by atoms with van der Waals surface area (Å²) in [7, 11) is 0. The number of fused-ring (bicyclic) bond motifs is 1. The smallest absolute Gasteiger partial charge is 0.137 e. The monoisotopic (exact) mass is 494 g/mol. The van der Waals surface area contributed by atoms with Crippen molar-refractivity contribution in [3.8, 4) is 0 Å². The Kier molecular flexibility index (Phi) is 6.51. The first-order valence-corrected chi connectivity index (χ1v) is 12.5. The molecule has 0 saturated heterocycles. The molecule has 0 bridgehead atoms. The fourth-order valence-corrected chi connectivity index (χ4v) is 5.80. The zero-order valence-corrected chi connectivity index (χ0v) is 20.8. The van der Waals surface area contributed by atoms with E-state index in [0.717, 1.165) is 41.6 Å². The highest BCUT2D eigenvalue weighted by atomic mass is 19.1. The third kappa shape index (κ3) is 4.72. The van der Waals surface area contributed by atoms with Gasteiger partial charge >= 0.3 is 0 Å². The predicted molar refractivity (Wildman–Crippen MR) is 134 cm³/mol. The van der Waals surface area contributed by atoms with Gasteiger partial charge < -0.3 is 10.4 Å². The van der Waals surface area contributed by atoms with Gasteiger partial charge in [-0.25, -0.2) is 18.4 Å². The van der Waals surface area contributed by atoms with Crippen molar-refractivity contribution in [3.05, 3.63) is 72.4 Å². The van der Waals surface area contributed by atoms with Gasteiger partial charge in [-0.2, -0.15) is 10.2 Å². The maximum absolute atomic E-state index is 14.9. The lowest BCUT2D eigenvalue weighted by molar-refractivity contribution is -0.0354. The quantitative estimate of drug-likeness (QED) is 0.365. The van der Waals surface area contributed by atoms with E-state index in [0.29, 0.717) is 17.9 Å². The molecule has 4 atom stereocenters. The Morgan fingerprint density at radius 3 is 2.56 bits per heavy atom. The van der Waals surface area contributed by atoms with Gasteiger partial charge in [0.2, 0.25) is 0 Å². The van der Waals surface area contributed by atoms with Crippen LogP contribution in [-0.2, 0) is 12.1 Å². The van der Waals surface area contributed by atoms with Crippen molar-refractivity contribution in [2.24, 2.45) is 11.8 Å². The van der Waals surface area contributed by atoms with Crippen LogP contribution in [0.3, 0.4) is 0 Å². The molecule has 1 saturated carbocycles. The Hall–Kier alpha value is -3.33. The van der Waals surface area contributed by atoms with E-state index in [1.54, 1.807) is 17.8 Å². The second kappa shape index (κ2) is 9.61. The highest BCUT2D eigenvalue weighted by Gasteiger charge is 2.41. The van der Waals surface area contributed by atoms with Gasteiger partial charge in [-0.1, -0.05) is 19.9 Å². The standard InChI is InChI=1S/C27H32F2N6O/c1-17-8-18(2)10-23(9-17)33-22-5-7-26-20(11-22)13-31-35(26)19(3)27(36,14-34-16-30-15-32-34)24-6-4-21(28)12-25(24)29/h4-7,11-13,15-19,23,33,36H,8-10,14H2,1-3H3/t17?,18?,19-,23?,27-/m1/s1. The molecule has 1 fully saturated rings. The molecule has 0 radical (unpaired) electrons. The lowest BCUT2D eigenvalue weighted by Crippen LogP contribution is -2.41. The van der Waals surface area contributed by atoms with E-state index < -0.39 is 23.3 Å². The molecule has 36 heavy (non-hydrogen) atoms. The summed E-state index contributed by atoms with van der Waals surface area (Å²) in [5.74, 6) is -0.136. The first-order valence-electron chi connectivity index (χ1n) is 12.5. The van der Waals surface area contributed by atoms with Crippen molar-refractivity contribution in [2.45, 2.75) is 64.3 Å². The maximum atomic E-state index is 14.9. The van der Waals surface area contributed by atoms with E-state index in [1.807, 2.05) is 12.1 Å². The van der Waals surface area contributed by atoms with E-state index >= 15 is 0 Å². The Bertz CT molecular complexity index is 1330. The fourth-order valence-electron chi connectivity index (χ4n) is 5.80. The highest BCUT2D eigenvalue weighted by molar-refractivity contribution is 5.82. The molecule has 2 unspecified atom stereocenters. The lowest BCUT2D eigenvalue weighted by Gasteiger charge is -2.35. The summed E-state index contributed by atoms with van der Waals surface area (Å²) in [6, 6.07) is 8.97. The Morgan fingerprint density at radius 1 is 1.08 bits per heavy atom. The summed E-state index contributed by atoms with van der Waals surface area (Å²) >= 11 is 0. The number of nitrogens with one attached hydrogen (secondary N) is 1. The first-order chi connectivity index (χ1) is 17.2. The number of hydrogen-bond donors (Lipinski definition) is 2. The number of aliphatic hydroxyl groups is 1. The van der Waals surface area contributed by atoms with Gasteiger partial charge in [0, 0.05) is 28.7 Å². The van der Waals surface area contributed by atoms with Crippen molar-refractivity contribution >= 4 is 16.6 Å². The van der Waals surface area contributed by atoms with Crippen molar-refractivity contribution in [1.82, 2.24) is 24.5 Å². The molecule has 2 aromatic heterocycles. The second-order valence-corrected chi connectivity index (χ2v) is 10.4.